The van der Waals surface area contributed by atoms with Crippen LogP contribution in [0.4, 0.5) is 5.13 Å². The molecule has 148 valence electrons. The van der Waals surface area contributed by atoms with Crippen LogP contribution in [-0.4, -0.2) is 37.7 Å². The van der Waals surface area contributed by atoms with Gasteiger partial charge in [0.15, 0.2) is 11.5 Å². The second-order valence-corrected chi connectivity index (χ2v) is 8.16. The zero-order valence-corrected chi connectivity index (χ0v) is 16.9. The smallest absolute Gasteiger partial charge is 0.270 e. The zero-order chi connectivity index (χ0) is 19.9. The van der Waals surface area contributed by atoms with Crippen molar-refractivity contribution in [3.05, 3.63) is 23.8 Å². The Morgan fingerprint density at radius 3 is 2.48 bits per heavy atom. The lowest BCUT2D eigenvalue weighted by Crippen LogP contribution is -2.23. The van der Waals surface area contributed by atoms with Gasteiger partial charge in [0.25, 0.3) is 10.0 Å². The standard InChI is InChI=1S/C16H22N4O5S2/c1-4-14(21)18-15-19-20-16(26-15)27(22,23)17-10-11-7-8-12(24-5-2)13(9-11)25-6-3/h7-9,17H,4-6,10H2,1-3H3,(H,18,19,21). The number of carbonyl (C=O) groups is 1. The van der Waals surface area contributed by atoms with Gasteiger partial charge < -0.3 is 14.8 Å². The van der Waals surface area contributed by atoms with Crippen LogP contribution in [0.2, 0.25) is 0 Å². The van der Waals surface area contributed by atoms with Gasteiger partial charge in [0, 0.05) is 13.0 Å². The molecule has 0 saturated heterocycles. The number of carbonyl (C=O) groups excluding carboxylic acids is 1. The Kier molecular flexibility index (Phi) is 7.51. The quantitative estimate of drug-likeness (QED) is 0.572. The number of anilines is 1. The minimum atomic E-state index is -3.85. The van der Waals surface area contributed by atoms with Crippen molar-refractivity contribution in [1.82, 2.24) is 14.9 Å². The highest BCUT2D eigenvalue weighted by atomic mass is 32.2. The lowest BCUT2D eigenvalue weighted by atomic mass is 10.2. The van der Waals surface area contributed by atoms with E-state index in [0.717, 1.165) is 11.3 Å². The molecule has 9 nitrogen and oxygen atoms in total. The van der Waals surface area contributed by atoms with E-state index in [2.05, 4.69) is 20.2 Å². The van der Waals surface area contributed by atoms with Crippen molar-refractivity contribution in [3.63, 3.8) is 0 Å². The van der Waals surface area contributed by atoms with Gasteiger partial charge in [-0.25, -0.2) is 13.1 Å². The molecule has 0 spiro atoms. The van der Waals surface area contributed by atoms with Crippen molar-refractivity contribution in [1.29, 1.82) is 0 Å². The third-order valence-electron chi connectivity index (χ3n) is 3.28. The first-order chi connectivity index (χ1) is 12.9. The summed E-state index contributed by atoms with van der Waals surface area (Å²) in [6, 6.07) is 5.22. The van der Waals surface area contributed by atoms with Crippen LogP contribution in [0.25, 0.3) is 0 Å². The van der Waals surface area contributed by atoms with E-state index in [4.69, 9.17) is 9.47 Å². The number of hydrogen-bond donors (Lipinski definition) is 2. The maximum Gasteiger partial charge on any atom is 0.270 e. The van der Waals surface area contributed by atoms with E-state index in [0.29, 0.717) is 30.3 Å². The molecule has 1 amide bonds. The Labute approximate surface area is 162 Å². The van der Waals surface area contributed by atoms with E-state index in [1.807, 2.05) is 13.8 Å². The maximum atomic E-state index is 12.4. The summed E-state index contributed by atoms with van der Waals surface area (Å²) in [6.45, 7) is 6.42. The molecular weight excluding hydrogens is 392 g/mol. The van der Waals surface area contributed by atoms with Crippen LogP contribution in [0.15, 0.2) is 22.5 Å². The first-order valence-corrected chi connectivity index (χ1v) is 10.7. The molecule has 27 heavy (non-hydrogen) atoms. The van der Waals surface area contributed by atoms with Crippen LogP contribution < -0.4 is 19.5 Å². The van der Waals surface area contributed by atoms with Crippen molar-refractivity contribution >= 4 is 32.4 Å². The van der Waals surface area contributed by atoms with Gasteiger partial charge in [0.2, 0.25) is 15.4 Å². The Hall–Kier alpha value is -2.24. The van der Waals surface area contributed by atoms with Gasteiger partial charge in [0.1, 0.15) is 0 Å². The van der Waals surface area contributed by atoms with E-state index < -0.39 is 10.0 Å². The Bertz CT molecular complexity index is 883. The summed E-state index contributed by atoms with van der Waals surface area (Å²) in [5.41, 5.74) is 0.703. The average molecular weight is 415 g/mol. The predicted molar refractivity (Wildman–Crippen MR) is 102 cm³/mol. The SMILES string of the molecule is CCOc1ccc(CNS(=O)(=O)c2nnc(NC(=O)CC)s2)cc1OCC. The van der Waals surface area contributed by atoms with Crippen LogP contribution in [0.1, 0.15) is 32.8 Å². The molecule has 1 heterocycles. The topological polar surface area (TPSA) is 120 Å². The zero-order valence-electron chi connectivity index (χ0n) is 15.3. The molecule has 11 heteroatoms. The number of benzene rings is 1. The van der Waals surface area contributed by atoms with Crippen LogP contribution in [0, 0.1) is 0 Å². The number of hydrogen-bond acceptors (Lipinski definition) is 8. The summed E-state index contributed by atoms with van der Waals surface area (Å²) in [6.07, 6.45) is 0.264. The summed E-state index contributed by atoms with van der Waals surface area (Å²) >= 11 is 0.790. The van der Waals surface area contributed by atoms with E-state index in [1.54, 1.807) is 25.1 Å². The maximum absolute atomic E-state index is 12.4. The Balaban J connectivity index is 2.08. The predicted octanol–water partition coefficient (Wildman–Crippen LogP) is 2.16. The van der Waals surface area contributed by atoms with Gasteiger partial charge in [-0.1, -0.05) is 24.3 Å². The highest BCUT2D eigenvalue weighted by Gasteiger charge is 2.21. The van der Waals surface area contributed by atoms with Crippen molar-refractivity contribution in [3.8, 4) is 11.5 Å². The molecular formula is C16H22N4O5S2. The van der Waals surface area contributed by atoms with Crippen LogP contribution >= 0.6 is 11.3 Å². The second-order valence-electron chi connectivity index (χ2n) is 5.25. The highest BCUT2D eigenvalue weighted by molar-refractivity contribution is 7.91. The van der Waals surface area contributed by atoms with Crippen molar-refractivity contribution in [2.24, 2.45) is 0 Å². The molecule has 0 unspecified atom stereocenters. The lowest BCUT2D eigenvalue weighted by Gasteiger charge is -2.12. The molecule has 1 aromatic carbocycles. The van der Waals surface area contributed by atoms with Crippen LogP contribution in [0.5, 0.6) is 11.5 Å². The van der Waals surface area contributed by atoms with Gasteiger partial charge in [-0.15, -0.1) is 10.2 Å². The summed E-state index contributed by atoms with van der Waals surface area (Å²) in [4.78, 5) is 11.4. The fourth-order valence-electron chi connectivity index (χ4n) is 2.02. The fraction of sp³-hybridized carbons (Fsp3) is 0.438. The molecule has 0 fully saturated rings. The van der Waals surface area contributed by atoms with E-state index in [-0.39, 0.29) is 28.3 Å². The van der Waals surface area contributed by atoms with Gasteiger partial charge in [-0.3, -0.25) is 4.79 Å². The average Bonchev–Trinajstić information content (AvgIpc) is 3.11. The van der Waals surface area contributed by atoms with Crippen molar-refractivity contribution in [2.75, 3.05) is 18.5 Å². The molecule has 0 aliphatic heterocycles. The number of sulfonamides is 1. The van der Waals surface area contributed by atoms with E-state index in [1.165, 1.54) is 0 Å². The molecule has 1 aromatic heterocycles. The molecule has 2 N–H and O–H groups in total. The molecule has 0 radical (unpaired) electrons. The third kappa shape index (κ3) is 5.88. The Morgan fingerprint density at radius 1 is 1.11 bits per heavy atom. The first-order valence-electron chi connectivity index (χ1n) is 8.41. The molecule has 0 bridgehead atoms. The molecule has 2 aromatic rings. The van der Waals surface area contributed by atoms with Crippen molar-refractivity contribution in [2.45, 2.75) is 38.1 Å². The number of amides is 1. The van der Waals surface area contributed by atoms with E-state index in [9.17, 15) is 13.2 Å². The van der Waals surface area contributed by atoms with Crippen LogP contribution in [0.3, 0.4) is 0 Å². The number of nitrogens with zero attached hydrogens (tertiary/aromatic N) is 2. The molecule has 0 atom stereocenters. The van der Waals surface area contributed by atoms with Crippen molar-refractivity contribution < 1.29 is 22.7 Å². The second kappa shape index (κ2) is 9.62. The summed E-state index contributed by atoms with van der Waals surface area (Å²) in [5, 5.41) is 9.93. The first kappa shape index (κ1) is 21.1. The van der Waals surface area contributed by atoms with E-state index >= 15 is 0 Å². The Morgan fingerprint density at radius 2 is 1.81 bits per heavy atom. The van der Waals surface area contributed by atoms with Gasteiger partial charge in [-0.05, 0) is 31.5 Å². The van der Waals surface area contributed by atoms with Gasteiger partial charge in [-0.2, -0.15) is 0 Å². The molecule has 0 aliphatic carbocycles. The third-order valence-corrected chi connectivity index (χ3v) is 5.89. The molecule has 2 rings (SSSR count). The number of nitrogens with one attached hydrogen (secondary N) is 2. The summed E-state index contributed by atoms with van der Waals surface area (Å²) in [7, 11) is -3.85. The summed E-state index contributed by atoms with van der Waals surface area (Å²) in [5.74, 6) is 0.892. The largest absolute Gasteiger partial charge is 0.490 e. The van der Waals surface area contributed by atoms with Crippen LogP contribution in [-0.2, 0) is 21.4 Å². The minimum absolute atomic E-state index is 0.0467. The summed E-state index contributed by atoms with van der Waals surface area (Å²) < 4.78 is 38.0. The fourth-order valence-corrected chi connectivity index (χ4v) is 4.00. The molecule has 0 saturated carbocycles. The minimum Gasteiger partial charge on any atom is -0.490 e. The number of rotatable bonds is 10. The molecule has 0 aliphatic rings. The number of ether oxygens (including phenoxy) is 2. The monoisotopic (exact) mass is 414 g/mol. The van der Waals surface area contributed by atoms with Gasteiger partial charge >= 0.3 is 0 Å². The highest BCUT2D eigenvalue weighted by Crippen LogP contribution is 2.29. The van der Waals surface area contributed by atoms with Gasteiger partial charge in [0.05, 0.1) is 13.2 Å². The lowest BCUT2D eigenvalue weighted by molar-refractivity contribution is -0.115. The number of aromatic nitrogens is 2. The normalized spacial score (nSPS) is 11.2.